The smallest absolute Gasteiger partial charge is 0.0701 e. The molecule has 3 nitrogen and oxygen atoms in total. The van der Waals surface area contributed by atoms with Crippen LogP contribution in [-0.2, 0) is 0 Å². The van der Waals surface area contributed by atoms with E-state index in [0.717, 1.165) is 38.9 Å². The van der Waals surface area contributed by atoms with Crippen molar-refractivity contribution in [2.75, 3.05) is 5.73 Å². The molecule has 0 bridgehead atoms. The van der Waals surface area contributed by atoms with Crippen LogP contribution in [0.4, 0.5) is 5.69 Å². The van der Waals surface area contributed by atoms with E-state index in [4.69, 9.17) is 5.73 Å². The molecule has 0 aliphatic carbocycles. The molecule has 0 amide bonds. The van der Waals surface area contributed by atoms with Gasteiger partial charge in [-0.05, 0) is 30.7 Å². The molecule has 5 rings (SSSR count). The third-order valence-corrected chi connectivity index (χ3v) is 4.88. The lowest BCUT2D eigenvalue weighted by Crippen LogP contribution is -1.89. The molecule has 0 aliphatic rings. The monoisotopic (exact) mass is 311 g/mol. The Morgan fingerprint density at radius 2 is 1.46 bits per heavy atom. The zero-order valence-corrected chi connectivity index (χ0v) is 13.4. The molecule has 0 fully saturated rings. The largest absolute Gasteiger partial charge is 0.396 e. The van der Waals surface area contributed by atoms with Gasteiger partial charge >= 0.3 is 0 Å². The molecule has 0 saturated carbocycles. The second-order valence-electron chi connectivity index (χ2n) is 6.34. The van der Waals surface area contributed by atoms with E-state index in [1.54, 1.807) is 0 Å². The lowest BCUT2D eigenvalue weighted by atomic mass is 10.0. The van der Waals surface area contributed by atoms with Crippen LogP contribution >= 0.6 is 0 Å². The van der Waals surface area contributed by atoms with E-state index < -0.39 is 0 Å². The molecule has 0 atom stereocenters. The van der Waals surface area contributed by atoms with Crippen molar-refractivity contribution in [2.45, 2.75) is 6.92 Å². The summed E-state index contributed by atoms with van der Waals surface area (Å²) in [6, 6.07) is 21.0. The molecular weight excluding hydrogens is 294 g/mol. The van der Waals surface area contributed by atoms with Gasteiger partial charge in [-0.2, -0.15) is 0 Å². The summed E-state index contributed by atoms with van der Waals surface area (Å²) < 4.78 is 0. The Morgan fingerprint density at radius 3 is 2.33 bits per heavy atom. The average Bonchev–Trinajstić information content (AvgIpc) is 3.11. The van der Waals surface area contributed by atoms with Gasteiger partial charge in [-0.1, -0.05) is 42.5 Å². The summed E-state index contributed by atoms with van der Waals surface area (Å²) in [4.78, 5) is 7.00. The third kappa shape index (κ3) is 1.72. The molecule has 0 radical (unpaired) electrons. The Morgan fingerprint density at radius 1 is 0.708 bits per heavy atom. The van der Waals surface area contributed by atoms with Crippen LogP contribution in [0.5, 0.6) is 0 Å². The Balaban J connectivity index is 1.86. The van der Waals surface area contributed by atoms with Crippen molar-refractivity contribution < 1.29 is 0 Å². The van der Waals surface area contributed by atoms with Gasteiger partial charge in [-0.25, -0.2) is 0 Å². The van der Waals surface area contributed by atoms with Crippen molar-refractivity contribution in [3.8, 4) is 11.3 Å². The number of rotatable bonds is 1. The molecule has 3 aromatic carbocycles. The highest BCUT2D eigenvalue weighted by molar-refractivity contribution is 6.14. The molecular formula is C21H17N3. The Labute approximate surface area is 139 Å². The predicted molar refractivity (Wildman–Crippen MR) is 102 cm³/mol. The maximum Gasteiger partial charge on any atom is 0.0701 e. The number of aryl methyl sites for hydroxylation is 1. The normalized spacial score (nSPS) is 11.7. The molecule has 0 unspecified atom stereocenters. The minimum atomic E-state index is 0.812. The number of aromatic amines is 2. The van der Waals surface area contributed by atoms with Gasteiger partial charge in [0, 0.05) is 32.8 Å². The van der Waals surface area contributed by atoms with Crippen LogP contribution < -0.4 is 5.73 Å². The van der Waals surface area contributed by atoms with E-state index in [2.05, 4.69) is 59.4 Å². The number of H-pyrrole nitrogens is 2. The SMILES string of the molecule is Cc1ccccc1-c1[nH]c2cc3[nH]c4ccccc4c3cc2c1N. The summed E-state index contributed by atoms with van der Waals surface area (Å²) in [7, 11) is 0. The fourth-order valence-electron chi connectivity index (χ4n) is 3.63. The minimum absolute atomic E-state index is 0.812. The first-order chi connectivity index (χ1) is 11.7. The molecule has 3 heteroatoms. The zero-order chi connectivity index (χ0) is 16.3. The van der Waals surface area contributed by atoms with Crippen LogP contribution in [0.25, 0.3) is 44.0 Å². The lowest BCUT2D eigenvalue weighted by molar-refractivity contribution is 1.40. The Hall–Kier alpha value is -3.20. The van der Waals surface area contributed by atoms with Gasteiger partial charge < -0.3 is 15.7 Å². The minimum Gasteiger partial charge on any atom is -0.396 e. The van der Waals surface area contributed by atoms with Crippen LogP contribution in [0.3, 0.4) is 0 Å². The molecule has 0 aliphatic heterocycles. The first-order valence-electron chi connectivity index (χ1n) is 8.10. The number of nitrogens with one attached hydrogen (secondary N) is 2. The van der Waals surface area contributed by atoms with Crippen LogP contribution in [0.15, 0.2) is 60.7 Å². The number of hydrogen-bond donors (Lipinski definition) is 3. The van der Waals surface area contributed by atoms with Crippen molar-refractivity contribution in [3.05, 3.63) is 66.2 Å². The second kappa shape index (κ2) is 4.65. The summed E-state index contributed by atoms with van der Waals surface area (Å²) in [5, 5.41) is 3.51. The molecule has 116 valence electrons. The first-order valence-corrected chi connectivity index (χ1v) is 8.10. The molecule has 5 aromatic rings. The van der Waals surface area contributed by atoms with Crippen molar-refractivity contribution >= 4 is 38.4 Å². The lowest BCUT2D eigenvalue weighted by Gasteiger charge is -2.04. The van der Waals surface area contributed by atoms with E-state index in [1.807, 2.05) is 18.2 Å². The number of hydrogen-bond acceptors (Lipinski definition) is 1. The maximum absolute atomic E-state index is 6.50. The van der Waals surface area contributed by atoms with Gasteiger partial charge in [0.1, 0.15) is 0 Å². The van der Waals surface area contributed by atoms with E-state index in [9.17, 15) is 0 Å². The number of benzene rings is 3. The molecule has 4 N–H and O–H groups in total. The number of nitrogen functional groups attached to an aromatic ring is 1. The predicted octanol–water partition coefficient (Wildman–Crippen LogP) is 5.36. The molecule has 2 heterocycles. The number of fused-ring (bicyclic) bond motifs is 4. The summed E-state index contributed by atoms with van der Waals surface area (Å²) in [6.45, 7) is 2.11. The van der Waals surface area contributed by atoms with Crippen LogP contribution in [-0.4, -0.2) is 9.97 Å². The average molecular weight is 311 g/mol. The second-order valence-corrected chi connectivity index (χ2v) is 6.34. The number of nitrogens with two attached hydrogens (primary N) is 1. The zero-order valence-electron chi connectivity index (χ0n) is 13.4. The molecule has 0 spiro atoms. The van der Waals surface area contributed by atoms with E-state index in [-0.39, 0.29) is 0 Å². The molecule has 2 aromatic heterocycles. The molecule has 0 saturated heterocycles. The topological polar surface area (TPSA) is 57.6 Å². The Kier molecular flexibility index (Phi) is 2.57. The maximum atomic E-state index is 6.50. The highest BCUT2D eigenvalue weighted by Gasteiger charge is 2.14. The van der Waals surface area contributed by atoms with Crippen molar-refractivity contribution in [1.82, 2.24) is 9.97 Å². The van der Waals surface area contributed by atoms with E-state index in [0.29, 0.717) is 0 Å². The third-order valence-electron chi connectivity index (χ3n) is 4.88. The van der Waals surface area contributed by atoms with Crippen LogP contribution in [0.2, 0.25) is 0 Å². The van der Waals surface area contributed by atoms with Crippen molar-refractivity contribution in [1.29, 1.82) is 0 Å². The van der Waals surface area contributed by atoms with Gasteiger partial charge in [0.25, 0.3) is 0 Å². The van der Waals surface area contributed by atoms with Gasteiger partial charge in [-0.15, -0.1) is 0 Å². The van der Waals surface area contributed by atoms with Crippen LogP contribution in [0.1, 0.15) is 5.56 Å². The van der Waals surface area contributed by atoms with Gasteiger partial charge in [0.2, 0.25) is 0 Å². The quantitative estimate of drug-likeness (QED) is 0.383. The standard InChI is InChI=1S/C21H17N3/c1-12-6-2-3-7-13(12)21-20(22)16-10-15-14-8-4-5-9-17(14)23-18(15)11-19(16)24-21/h2-11,23-24H,22H2,1H3. The highest BCUT2D eigenvalue weighted by Crippen LogP contribution is 2.37. The summed E-state index contributed by atoms with van der Waals surface area (Å²) in [5.74, 6) is 0. The summed E-state index contributed by atoms with van der Waals surface area (Å²) in [5.41, 5.74) is 14.0. The van der Waals surface area contributed by atoms with Crippen molar-refractivity contribution in [2.24, 2.45) is 0 Å². The number of aromatic nitrogens is 2. The van der Waals surface area contributed by atoms with Gasteiger partial charge in [0.05, 0.1) is 16.9 Å². The van der Waals surface area contributed by atoms with E-state index in [1.165, 1.54) is 16.3 Å². The fraction of sp³-hybridized carbons (Fsp3) is 0.0476. The number of anilines is 1. The van der Waals surface area contributed by atoms with Crippen LogP contribution in [0, 0.1) is 6.92 Å². The Bertz CT molecular complexity index is 1220. The van der Waals surface area contributed by atoms with Crippen molar-refractivity contribution in [3.63, 3.8) is 0 Å². The number of para-hydroxylation sites is 1. The van der Waals surface area contributed by atoms with Gasteiger partial charge in [-0.3, -0.25) is 0 Å². The van der Waals surface area contributed by atoms with Gasteiger partial charge in [0.15, 0.2) is 0 Å². The fourth-order valence-corrected chi connectivity index (χ4v) is 3.63. The molecule has 24 heavy (non-hydrogen) atoms. The summed E-state index contributed by atoms with van der Waals surface area (Å²) >= 11 is 0. The van der Waals surface area contributed by atoms with E-state index >= 15 is 0 Å². The first kappa shape index (κ1) is 13.3. The highest BCUT2D eigenvalue weighted by atomic mass is 14.8. The summed E-state index contributed by atoms with van der Waals surface area (Å²) in [6.07, 6.45) is 0.